The van der Waals surface area contributed by atoms with Gasteiger partial charge in [-0.25, -0.2) is 0 Å². The van der Waals surface area contributed by atoms with Gasteiger partial charge in [0.05, 0.1) is 0 Å². The normalized spacial score (nSPS) is 13.0. The smallest absolute Gasteiger partial charge is 0.262 e. The fraction of sp³-hybridized carbons (Fsp3) is 0.263. The number of nitrogens with one attached hydrogen (secondary N) is 1. The van der Waals surface area contributed by atoms with Gasteiger partial charge in [0.1, 0.15) is 5.75 Å². The molecule has 3 rings (SSSR count). The average Bonchev–Trinajstić information content (AvgIpc) is 2.60. The lowest BCUT2D eigenvalue weighted by Crippen LogP contribution is -2.21. The third-order valence-corrected chi connectivity index (χ3v) is 4.16. The number of nitrogens with two attached hydrogens (primary N) is 1. The number of aryl methyl sites for hydroxylation is 1. The van der Waals surface area contributed by atoms with E-state index in [2.05, 4.69) is 11.4 Å². The van der Waals surface area contributed by atoms with Gasteiger partial charge < -0.3 is 15.8 Å². The van der Waals surface area contributed by atoms with Crippen molar-refractivity contribution < 1.29 is 14.3 Å². The number of rotatable bonds is 5. The number of amides is 2. The Bertz CT molecular complexity index is 754. The van der Waals surface area contributed by atoms with E-state index < -0.39 is 5.91 Å². The molecule has 0 aliphatic heterocycles. The molecule has 5 heteroatoms. The van der Waals surface area contributed by atoms with Gasteiger partial charge in [-0.2, -0.15) is 0 Å². The number of carbonyl (C=O) groups excluding carboxylic acids is 2. The van der Waals surface area contributed by atoms with E-state index in [9.17, 15) is 9.59 Å². The maximum absolute atomic E-state index is 12.0. The molecular weight excluding hydrogens is 304 g/mol. The van der Waals surface area contributed by atoms with E-state index in [0.29, 0.717) is 11.3 Å². The lowest BCUT2D eigenvalue weighted by Gasteiger charge is -2.19. The zero-order valence-corrected chi connectivity index (χ0v) is 13.4. The molecule has 0 bridgehead atoms. The number of fused-ring (bicyclic) bond motifs is 1. The SMILES string of the molecule is NC(=O)c1ccc(NC(=O)COc2cccc3c2CCCC3)cc1. The third-order valence-electron chi connectivity index (χ3n) is 4.16. The number of primary amides is 1. The molecule has 124 valence electrons. The highest BCUT2D eigenvalue weighted by Gasteiger charge is 2.14. The number of hydrogen-bond acceptors (Lipinski definition) is 3. The van der Waals surface area contributed by atoms with Crippen LogP contribution >= 0.6 is 0 Å². The van der Waals surface area contributed by atoms with Gasteiger partial charge in [-0.1, -0.05) is 12.1 Å². The second kappa shape index (κ2) is 7.17. The van der Waals surface area contributed by atoms with Crippen LogP contribution < -0.4 is 15.8 Å². The van der Waals surface area contributed by atoms with Crippen molar-refractivity contribution in [3.05, 3.63) is 59.2 Å². The van der Waals surface area contributed by atoms with E-state index in [1.165, 1.54) is 17.5 Å². The molecule has 0 fully saturated rings. The summed E-state index contributed by atoms with van der Waals surface area (Å²) in [6.07, 6.45) is 4.44. The lowest BCUT2D eigenvalue weighted by molar-refractivity contribution is -0.118. The molecule has 2 aromatic carbocycles. The first kappa shape index (κ1) is 16.1. The Labute approximate surface area is 140 Å². The highest BCUT2D eigenvalue weighted by atomic mass is 16.5. The van der Waals surface area contributed by atoms with E-state index in [1.807, 2.05) is 12.1 Å². The molecule has 0 spiro atoms. The summed E-state index contributed by atoms with van der Waals surface area (Å²) in [6, 6.07) is 12.4. The van der Waals surface area contributed by atoms with Crippen molar-refractivity contribution in [2.75, 3.05) is 11.9 Å². The van der Waals surface area contributed by atoms with Gasteiger partial charge >= 0.3 is 0 Å². The van der Waals surface area contributed by atoms with E-state index >= 15 is 0 Å². The summed E-state index contributed by atoms with van der Waals surface area (Å²) < 4.78 is 5.71. The van der Waals surface area contributed by atoms with Crippen LogP contribution in [-0.4, -0.2) is 18.4 Å². The highest BCUT2D eigenvalue weighted by molar-refractivity contribution is 5.95. The van der Waals surface area contributed by atoms with Gasteiger partial charge in [-0.15, -0.1) is 0 Å². The number of carbonyl (C=O) groups is 2. The van der Waals surface area contributed by atoms with Crippen LogP contribution in [0.25, 0.3) is 0 Å². The molecule has 0 radical (unpaired) electrons. The lowest BCUT2D eigenvalue weighted by atomic mass is 9.91. The molecule has 2 amide bonds. The van der Waals surface area contributed by atoms with Crippen LogP contribution in [0.2, 0.25) is 0 Å². The van der Waals surface area contributed by atoms with Crippen molar-refractivity contribution in [2.45, 2.75) is 25.7 Å². The Morgan fingerprint density at radius 3 is 2.54 bits per heavy atom. The van der Waals surface area contributed by atoms with Crippen LogP contribution in [-0.2, 0) is 17.6 Å². The molecule has 1 aliphatic rings. The molecule has 0 saturated heterocycles. The Morgan fingerprint density at radius 1 is 1.04 bits per heavy atom. The number of benzene rings is 2. The van der Waals surface area contributed by atoms with E-state index in [-0.39, 0.29) is 12.5 Å². The van der Waals surface area contributed by atoms with Gasteiger partial charge in [-0.05, 0) is 67.1 Å². The van der Waals surface area contributed by atoms with Crippen molar-refractivity contribution >= 4 is 17.5 Å². The van der Waals surface area contributed by atoms with E-state index in [4.69, 9.17) is 10.5 Å². The van der Waals surface area contributed by atoms with Crippen LogP contribution in [0.5, 0.6) is 5.75 Å². The molecule has 0 atom stereocenters. The monoisotopic (exact) mass is 324 g/mol. The Hall–Kier alpha value is -2.82. The summed E-state index contributed by atoms with van der Waals surface area (Å²) in [5, 5.41) is 2.74. The molecule has 2 aromatic rings. The Morgan fingerprint density at radius 2 is 1.79 bits per heavy atom. The summed E-state index contributed by atoms with van der Waals surface area (Å²) >= 11 is 0. The van der Waals surface area contributed by atoms with Crippen LogP contribution in [0.3, 0.4) is 0 Å². The predicted molar refractivity (Wildman–Crippen MR) is 92.2 cm³/mol. The minimum Gasteiger partial charge on any atom is -0.483 e. The van der Waals surface area contributed by atoms with Gasteiger partial charge in [0.15, 0.2) is 6.61 Å². The van der Waals surface area contributed by atoms with Crippen molar-refractivity contribution in [3.8, 4) is 5.75 Å². The number of hydrogen-bond donors (Lipinski definition) is 2. The summed E-state index contributed by atoms with van der Waals surface area (Å²) in [4.78, 5) is 23.1. The molecule has 0 unspecified atom stereocenters. The first-order valence-corrected chi connectivity index (χ1v) is 8.07. The molecule has 0 aromatic heterocycles. The standard InChI is InChI=1S/C19H20N2O3/c20-19(23)14-8-10-15(11-9-14)21-18(22)12-24-17-7-3-5-13-4-1-2-6-16(13)17/h3,5,7-11H,1-2,4,6,12H2,(H2,20,23)(H,21,22). The van der Waals surface area contributed by atoms with Crippen molar-refractivity contribution in [2.24, 2.45) is 5.73 Å². The minimum absolute atomic E-state index is 0.0476. The summed E-state index contributed by atoms with van der Waals surface area (Å²) in [5.74, 6) is 0.0618. The first-order valence-electron chi connectivity index (χ1n) is 8.07. The summed E-state index contributed by atoms with van der Waals surface area (Å²) in [6.45, 7) is -0.0476. The second-order valence-electron chi connectivity index (χ2n) is 5.88. The minimum atomic E-state index is -0.495. The van der Waals surface area contributed by atoms with E-state index in [0.717, 1.165) is 25.0 Å². The van der Waals surface area contributed by atoms with Crippen LogP contribution in [0, 0.1) is 0 Å². The Balaban J connectivity index is 1.59. The molecule has 1 aliphatic carbocycles. The summed E-state index contributed by atoms with van der Waals surface area (Å²) in [5.41, 5.74) is 8.74. The number of anilines is 1. The predicted octanol–water partition coefficient (Wildman–Crippen LogP) is 2.68. The van der Waals surface area contributed by atoms with Crippen LogP contribution in [0.15, 0.2) is 42.5 Å². The maximum atomic E-state index is 12.0. The van der Waals surface area contributed by atoms with Crippen LogP contribution in [0.1, 0.15) is 34.3 Å². The number of ether oxygens (including phenoxy) is 1. The van der Waals surface area contributed by atoms with Crippen molar-refractivity contribution in [1.29, 1.82) is 0 Å². The first-order chi connectivity index (χ1) is 11.6. The molecular formula is C19H20N2O3. The molecule has 5 nitrogen and oxygen atoms in total. The van der Waals surface area contributed by atoms with Crippen molar-refractivity contribution in [3.63, 3.8) is 0 Å². The van der Waals surface area contributed by atoms with Gasteiger partial charge in [-0.3, -0.25) is 9.59 Å². The fourth-order valence-corrected chi connectivity index (χ4v) is 2.94. The largest absolute Gasteiger partial charge is 0.483 e. The quantitative estimate of drug-likeness (QED) is 0.887. The van der Waals surface area contributed by atoms with Crippen molar-refractivity contribution in [1.82, 2.24) is 0 Å². The molecule has 24 heavy (non-hydrogen) atoms. The average molecular weight is 324 g/mol. The van der Waals surface area contributed by atoms with Crippen LogP contribution in [0.4, 0.5) is 5.69 Å². The van der Waals surface area contributed by atoms with Gasteiger partial charge in [0.25, 0.3) is 5.91 Å². The van der Waals surface area contributed by atoms with Gasteiger partial charge in [0.2, 0.25) is 5.91 Å². The highest BCUT2D eigenvalue weighted by Crippen LogP contribution is 2.29. The van der Waals surface area contributed by atoms with E-state index in [1.54, 1.807) is 24.3 Å². The third kappa shape index (κ3) is 3.74. The fourth-order valence-electron chi connectivity index (χ4n) is 2.94. The zero-order valence-electron chi connectivity index (χ0n) is 13.4. The zero-order chi connectivity index (χ0) is 16.9. The van der Waals surface area contributed by atoms with Gasteiger partial charge in [0, 0.05) is 11.3 Å². The second-order valence-corrected chi connectivity index (χ2v) is 5.88. The maximum Gasteiger partial charge on any atom is 0.262 e. The summed E-state index contributed by atoms with van der Waals surface area (Å²) in [7, 11) is 0. The topological polar surface area (TPSA) is 81.4 Å². The molecule has 3 N–H and O–H groups in total. The molecule has 0 saturated carbocycles. The Kier molecular flexibility index (Phi) is 4.79. The molecule has 0 heterocycles.